The van der Waals surface area contributed by atoms with Crippen molar-refractivity contribution in [3.05, 3.63) is 60.2 Å². The molecule has 2 aromatic carbocycles. The zero-order valence-corrected chi connectivity index (χ0v) is 13.8. The predicted molar refractivity (Wildman–Crippen MR) is 90.2 cm³/mol. The van der Waals surface area contributed by atoms with Gasteiger partial charge in [-0.1, -0.05) is 30.3 Å². The summed E-state index contributed by atoms with van der Waals surface area (Å²) in [5.74, 6) is 0. The molecule has 1 aliphatic carbocycles. The van der Waals surface area contributed by atoms with Crippen LogP contribution in [0.1, 0.15) is 18.4 Å². The Morgan fingerprint density at radius 2 is 1.59 bits per heavy atom. The molecule has 4 heteroatoms. The molecule has 1 fully saturated rings. The van der Waals surface area contributed by atoms with Crippen molar-refractivity contribution in [1.29, 1.82) is 0 Å². The molecule has 22 heavy (non-hydrogen) atoms. The lowest BCUT2D eigenvalue weighted by Gasteiger charge is -2.26. The van der Waals surface area contributed by atoms with Gasteiger partial charge in [0.1, 0.15) is 0 Å². The molecular formula is C18H21NO2S. The highest BCUT2D eigenvalue weighted by molar-refractivity contribution is 7.90. The van der Waals surface area contributed by atoms with E-state index in [9.17, 15) is 8.42 Å². The first-order chi connectivity index (χ1) is 10.4. The summed E-state index contributed by atoms with van der Waals surface area (Å²) in [5.41, 5.74) is 2.70. The Morgan fingerprint density at radius 3 is 2.09 bits per heavy atom. The SMILES string of the molecule is CN(CC1(c2ccccc2)CC1)c1ccc(S(C)(=O)=O)cc1. The standard InChI is InChI=1S/C18H21NO2S/c1-19(16-8-10-17(11-9-16)22(2,20)21)14-18(12-13-18)15-6-4-3-5-7-15/h3-11H,12-14H2,1-2H3. The molecule has 0 spiro atoms. The Kier molecular flexibility index (Phi) is 3.73. The monoisotopic (exact) mass is 315 g/mol. The molecule has 0 N–H and O–H groups in total. The topological polar surface area (TPSA) is 37.4 Å². The van der Waals surface area contributed by atoms with Gasteiger partial charge in [-0.15, -0.1) is 0 Å². The van der Waals surface area contributed by atoms with Crippen molar-refractivity contribution < 1.29 is 8.42 Å². The first kappa shape index (κ1) is 15.1. The molecule has 1 aliphatic rings. The fourth-order valence-corrected chi connectivity index (χ4v) is 3.60. The van der Waals surface area contributed by atoms with Gasteiger partial charge in [0.15, 0.2) is 9.84 Å². The van der Waals surface area contributed by atoms with Gasteiger partial charge >= 0.3 is 0 Å². The van der Waals surface area contributed by atoms with E-state index in [0.29, 0.717) is 4.90 Å². The predicted octanol–water partition coefficient (Wildman–Crippen LogP) is 3.26. The molecule has 0 aliphatic heterocycles. The zero-order valence-electron chi connectivity index (χ0n) is 13.0. The minimum absolute atomic E-state index is 0.255. The number of hydrogen-bond acceptors (Lipinski definition) is 3. The fraction of sp³-hybridized carbons (Fsp3) is 0.333. The Hall–Kier alpha value is -1.81. The molecule has 0 heterocycles. The van der Waals surface area contributed by atoms with Crippen molar-refractivity contribution in [2.24, 2.45) is 0 Å². The quantitative estimate of drug-likeness (QED) is 0.850. The number of nitrogens with zero attached hydrogens (tertiary/aromatic N) is 1. The maximum atomic E-state index is 11.5. The molecular weight excluding hydrogens is 294 g/mol. The van der Waals surface area contributed by atoms with Gasteiger partial charge in [-0.05, 0) is 42.7 Å². The summed E-state index contributed by atoms with van der Waals surface area (Å²) >= 11 is 0. The maximum Gasteiger partial charge on any atom is 0.175 e. The molecule has 0 bridgehead atoms. The Labute approximate surface area is 132 Å². The summed E-state index contributed by atoms with van der Waals surface area (Å²) in [6, 6.07) is 17.8. The Bertz CT molecular complexity index is 747. The number of sulfone groups is 1. The van der Waals surface area contributed by atoms with Gasteiger partial charge in [0.2, 0.25) is 0 Å². The molecule has 116 valence electrons. The highest BCUT2D eigenvalue weighted by Crippen LogP contribution is 2.48. The van der Waals surface area contributed by atoms with E-state index in [4.69, 9.17) is 0 Å². The minimum atomic E-state index is -3.13. The van der Waals surface area contributed by atoms with Crippen LogP contribution in [0.3, 0.4) is 0 Å². The van der Waals surface area contributed by atoms with Gasteiger partial charge < -0.3 is 4.90 Å². The molecule has 2 aromatic rings. The van der Waals surface area contributed by atoms with Gasteiger partial charge in [0.05, 0.1) is 4.90 Å². The van der Waals surface area contributed by atoms with Crippen molar-refractivity contribution in [1.82, 2.24) is 0 Å². The summed E-state index contributed by atoms with van der Waals surface area (Å²) in [6.45, 7) is 0.954. The van der Waals surface area contributed by atoms with Crippen molar-refractivity contribution >= 4 is 15.5 Å². The van der Waals surface area contributed by atoms with Crippen LogP contribution in [0.25, 0.3) is 0 Å². The molecule has 0 saturated heterocycles. The molecule has 0 radical (unpaired) electrons. The smallest absolute Gasteiger partial charge is 0.175 e. The molecule has 3 rings (SSSR count). The van der Waals surface area contributed by atoms with Crippen LogP contribution in [0, 0.1) is 0 Å². The second-order valence-corrected chi connectivity index (χ2v) is 8.28. The first-order valence-electron chi connectivity index (χ1n) is 7.48. The Morgan fingerprint density at radius 1 is 1.00 bits per heavy atom. The highest BCUT2D eigenvalue weighted by Gasteiger charge is 2.44. The van der Waals surface area contributed by atoms with Crippen molar-refractivity contribution in [2.75, 3.05) is 24.7 Å². The van der Waals surface area contributed by atoms with E-state index < -0.39 is 9.84 Å². The van der Waals surface area contributed by atoms with Crippen LogP contribution < -0.4 is 4.90 Å². The lowest BCUT2D eigenvalue weighted by Crippen LogP contribution is -2.29. The fourth-order valence-electron chi connectivity index (χ4n) is 2.97. The molecule has 1 saturated carbocycles. The van der Waals surface area contributed by atoms with Crippen LogP contribution >= 0.6 is 0 Å². The molecule has 0 amide bonds. The average molecular weight is 315 g/mol. The van der Waals surface area contributed by atoms with Crippen LogP contribution in [-0.2, 0) is 15.3 Å². The molecule has 0 unspecified atom stereocenters. The molecule has 0 aromatic heterocycles. The van der Waals surface area contributed by atoms with E-state index in [0.717, 1.165) is 12.2 Å². The number of anilines is 1. The van der Waals surface area contributed by atoms with Crippen LogP contribution in [-0.4, -0.2) is 28.3 Å². The highest BCUT2D eigenvalue weighted by atomic mass is 32.2. The zero-order chi connectivity index (χ0) is 15.8. The Balaban J connectivity index is 1.77. The largest absolute Gasteiger partial charge is 0.374 e. The van der Waals surface area contributed by atoms with E-state index in [1.54, 1.807) is 12.1 Å². The number of hydrogen-bond donors (Lipinski definition) is 0. The van der Waals surface area contributed by atoms with E-state index >= 15 is 0 Å². The maximum absolute atomic E-state index is 11.5. The number of rotatable bonds is 5. The van der Waals surface area contributed by atoms with Crippen molar-refractivity contribution in [3.8, 4) is 0 Å². The summed E-state index contributed by atoms with van der Waals surface area (Å²) in [6.07, 6.45) is 3.66. The van der Waals surface area contributed by atoms with E-state index in [-0.39, 0.29) is 5.41 Å². The van der Waals surface area contributed by atoms with Crippen LogP contribution in [0.2, 0.25) is 0 Å². The summed E-state index contributed by atoms with van der Waals surface area (Å²) < 4.78 is 23.0. The van der Waals surface area contributed by atoms with Crippen LogP contribution in [0.4, 0.5) is 5.69 Å². The molecule has 0 atom stereocenters. The first-order valence-corrected chi connectivity index (χ1v) is 9.37. The number of benzene rings is 2. The normalized spacial score (nSPS) is 16.3. The second kappa shape index (κ2) is 5.43. The third-order valence-corrected chi connectivity index (χ3v) is 5.61. The minimum Gasteiger partial charge on any atom is -0.374 e. The van der Waals surface area contributed by atoms with Crippen molar-refractivity contribution in [2.45, 2.75) is 23.2 Å². The third kappa shape index (κ3) is 3.02. The van der Waals surface area contributed by atoms with E-state index in [1.807, 2.05) is 18.2 Å². The molecule has 3 nitrogen and oxygen atoms in total. The lowest BCUT2D eigenvalue weighted by molar-refractivity contribution is 0.602. The van der Waals surface area contributed by atoms with E-state index in [1.165, 1.54) is 24.7 Å². The third-order valence-electron chi connectivity index (χ3n) is 4.49. The van der Waals surface area contributed by atoms with Gasteiger partial charge in [-0.3, -0.25) is 0 Å². The summed E-state index contributed by atoms with van der Waals surface area (Å²) in [4.78, 5) is 2.58. The van der Waals surface area contributed by atoms with Gasteiger partial charge in [0.25, 0.3) is 0 Å². The van der Waals surface area contributed by atoms with E-state index in [2.05, 4.69) is 36.2 Å². The lowest BCUT2D eigenvalue weighted by atomic mass is 9.95. The van der Waals surface area contributed by atoms with Crippen molar-refractivity contribution in [3.63, 3.8) is 0 Å². The average Bonchev–Trinajstić information content (AvgIpc) is 3.28. The number of likely N-dealkylation sites (N-methyl/N-ethyl adjacent to an activating group) is 1. The summed E-state index contributed by atoms with van der Waals surface area (Å²) in [7, 11) is -1.06. The van der Waals surface area contributed by atoms with Crippen LogP contribution in [0.15, 0.2) is 59.5 Å². The second-order valence-electron chi connectivity index (χ2n) is 6.27. The van der Waals surface area contributed by atoms with Crippen LogP contribution in [0.5, 0.6) is 0 Å². The summed E-state index contributed by atoms with van der Waals surface area (Å²) in [5, 5.41) is 0. The van der Waals surface area contributed by atoms with Gasteiger partial charge in [-0.2, -0.15) is 0 Å². The van der Waals surface area contributed by atoms with Gasteiger partial charge in [-0.25, -0.2) is 8.42 Å². The van der Waals surface area contributed by atoms with Gasteiger partial charge in [0, 0.05) is 31.0 Å².